The minimum atomic E-state index is -0.321. The van der Waals surface area contributed by atoms with Crippen LogP contribution < -0.4 is 19.5 Å². The van der Waals surface area contributed by atoms with Crippen LogP contribution in [0.2, 0.25) is 5.02 Å². The molecule has 0 atom stereocenters. The van der Waals surface area contributed by atoms with Crippen LogP contribution in [0.4, 0.5) is 5.69 Å². The zero-order valence-electron chi connectivity index (χ0n) is 12.3. The van der Waals surface area contributed by atoms with Gasteiger partial charge in [-0.3, -0.25) is 4.79 Å². The molecule has 116 valence electrons. The number of hydrogen-bond donors (Lipinski definition) is 1. The second-order valence-electron chi connectivity index (χ2n) is 4.33. The van der Waals surface area contributed by atoms with E-state index in [2.05, 4.69) is 5.32 Å². The molecule has 5 nitrogen and oxygen atoms in total. The van der Waals surface area contributed by atoms with Crippen molar-refractivity contribution in [2.24, 2.45) is 0 Å². The Balaban J connectivity index is 1.96. The number of ether oxygens (including phenoxy) is 3. The van der Waals surface area contributed by atoms with Gasteiger partial charge in [0.05, 0.1) is 24.9 Å². The van der Waals surface area contributed by atoms with Crippen molar-refractivity contribution in [1.82, 2.24) is 0 Å². The molecule has 0 radical (unpaired) electrons. The van der Waals surface area contributed by atoms with E-state index < -0.39 is 0 Å². The third-order valence-electron chi connectivity index (χ3n) is 2.88. The highest BCUT2D eigenvalue weighted by atomic mass is 35.5. The van der Waals surface area contributed by atoms with Crippen LogP contribution in [0.3, 0.4) is 0 Å². The summed E-state index contributed by atoms with van der Waals surface area (Å²) < 4.78 is 15.6. The highest BCUT2D eigenvalue weighted by molar-refractivity contribution is 6.33. The third-order valence-corrected chi connectivity index (χ3v) is 3.19. The summed E-state index contributed by atoms with van der Waals surface area (Å²) in [4.78, 5) is 11.9. The molecule has 0 saturated carbocycles. The molecule has 6 heteroatoms. The van der Waals surface area contributed by atoms with Crippen molar-refractivity contribution >= 4 is 23.2 Å². The van der Waals surface area contributed by atoms with E-state index in [1.54, 1.807) is 50.6 Å². The zero-order chi connectivity index (χ0) is 15.9. The maximum absolute atomic E-state index is 11.9. The zero-order valence-corrected chi connectivity index (χ0v) is 13.0. The van der Waals surface area contributed by atoms with Gasteiger partial charge in [0, 0.05) is 6.07 Å². The lowest BCUT2D eigenvalue weighted by Gasteiger charge is -2.11. The van der Waals surface area contributed by atoms with E-state index in [9.17, 15) is 4.79 Å². The Morgan fingerprint density at radius 1 is 1.09 bits per heavy atom. The molecule has 0 unspecified atom stereocenters. The molecule has 0 saturated heterocycles. The van der Waals surface area contributed by atoms with Gasteiger partial charge >= 0.3 is 0 Å². The Labute approximate surface area is 133 Å². The summed E-state index contributed by atoms with van der Waals surface area (Å²) in [5.74, 6) is 1.37. The number of carbonyl (C=O) groups excluding carboxylic acids is 1. The second kappa shape index (κ2) is 7.56. The van der Waals surface area contributed by atoms with Crippen LogP contribution in [0.1, 0.15) is 0 Å². The number of rotatable bonds is 6. The molecule has 1 amide bonds. The third kappa shape index (κ3) is 4.05. The summed E-state index contributed by atoms with van der Waals surface area (Å²) in [6.45, 7) is -0.150. The number of carbonyl (C=O) groups is 1. The predicted octanol–water partition coefficient (Wildman–Crippen LogP) is 3.37. The number of benzene rings is 2. The second-order valence-corrected chi connectivity index (χ2v) is 4.74. The maximum atomic E-state index is 11.9. The Hall–Kier alpha value is -2.40. The van der Waals surface area contributed by atoms with E-state index in [-0.39, 0.29) is 12.5 Å². The first-order valence-corrected chi connectivity index (χ1v) is 6.91. The molecule has 2 rings (SSSR count). The monoisotopic (exact) mass is 321 g/mol. The standard InChI is InChI=1S/C16H16ClNO4/c1-20-11-7-8-13(12(17)9-11)18-16(19)10-22-15-6-4-3-5-14(15)21-2/h3-9H,10H2,1-2H3,(H,18,19). The van der Waals surface area contributed by atoms with Crippen LogP contribution in [-0.2, 0) is 4.79 Å². The lowest BCUT2D eigenvalue weighted by atomic mass is 10.3. The fourth-order valence-corrected chi connectivity index (χ4v) is 2.01. The minimum Gasteiger partial charge on any atom is -0.497 e. The van der Waals surface area contributed by atoms with Crippen LogP contribution in [0.5, 0.6) is 17.2 Å². The predicted molar refractivity (Wildman–Crippen MR) is 85.1 cm³/mol. The number of halogens is 1. The molecule has 0 bridgehead atoms. The number of para-hydroxylation sites is 2. The summed E-state index contributed by atoms with van der Waals surface area (Å²) in [6, 6.07) is 12.1. The number of anilines is 1. The van der Waals surface area contributed by atoms with Crippen LogP contribution in [0.15, 0.2) is 42.5 Å². The maximum Gasteiger partial charge on any atom is 0.262 e. The molecule has 0 aliphatic rings. The lowest BCUT2D eigenvalue weighted by Crippen LogP contribution is -2.20. The van der Waals surface area contributed by atoms with Gasteiger partial charge in [0.25, 0.3) is 5.91 Å². The normalized spacial score (nSPS) is 9.95. The van der Waals surface area contributed by atoms with Crippen LogP contribution in [-0.4, -0.2) is 26.7 Å². The Bertz CT molecular complexity index is 660. The van der Waals surface area contributed by atoms with Gasteiger partial charge in [0.2, 0.25) is 0 Å². The largest absolute Gasteiger partial charge is 0.497 e. The average Bonchev–Trinajstić information content (AvgIpc) is 2.55. The van der Waals surface area contributed by atoms with E-state index in [0.717, 1.165) is 0 Å². The van der Waals surface area contributed by atoms with Crippen molar-refractivity contribution in [3.8, 4) is 17.2 Å². The molecule has 1 N–H and O–H groups in total. The van der Waals surface area contributed by atoms with E-state index in [0.29, 0.717) is 28.0 Å². The van der Waals surface area contributed by atoms with Gasteiger partial charge in [-0.15, -0.1) is 0 Å². The first-order valence-electron chi connectivity index (χ1n) is 6.53. The number of methoxy groups -OCH3 is 2. The van der Waals surface area contributed by atoms with Crippen molar-refractivity contribution < 1.29 is 19.0 Å². The SMILES string of the molecule is COc1ccc(NC(=O)COc2ccccc2OC)c(Cl)c1. The number of hydrogen-bond acceptors (Lipinski definition) is 4. The van der Waals surface area contributed by atoms with E-state index >= 15 is 0 Å². The topological polar surface area (TPSA) is 56.8 Å². The minimum absolute atomic E-state index is 0.150. The summed E-state index contributed by atoms with van der Waals surface area (Å²) in [7, 11) is 3.09. The van der Waals surface area contributed by atoms with Gasteiger partial charge in [-0.25, -0.2) is 0 Å². The molecular formula is C16H16ClNO4. The number of amides is 1. The van der Waals surface area contributed by atoms with E-state index in [4.69, 9.17) is 25.8 Å². The molecule has 0 fully saturated rings. The molecule has 0 aliphatic carbocycles. The quantitative estimate of drug-likeness (QED) is 0.886. The van der Waals surface area contributed by atoms with Crippen LogP contribution >= 0.6 is 11.6 Å². The highest BCUT2D eigenvalue weighted by Gasteiger charge is 2.09. The van der Waals surface area contributed by atoms with Crippen LogP contribution in [0, 0.1) is 0 Å². The molecule has 0 aromatic heterocycles. The van der Waals surface area contributed by atoms with Gasteiger partial charge in [-0.1, -0.05) is 23.7 Å². The fourth-order valence-electron chi connectivity index (χ4n) is 1.79. The first kappa shape index (κ1) is 16.0. The highest BCUT2D eigenvalue weighted by Crippen LogP contribution is 2.27. The molecule has 2 aromatic rings. The Morgan fingerprint density at radius 2 is 1.82 bits per heavy atom. The summed E-state index contributed by atoms with van der Waals surface area (Å²) in [5.41, 5.74) is 0.496. The molecule has 0 spiro atoms. The Kier molecular flexibility index (Phi) is 5.49. The summed E-state index contributed by atoms with van der Waals surface area (Å²) >= 11 is 6.06. The fraction of sp³-hybridized carbons (Fsp3) is 0.188. The molecule has 0 aliphatic heterocycles. The molecule has 0 heterocycles. The van der Waals surface area contributed by atoms with Gasteiger partial charge < -0.3 is 19.5 Å². The first-order chi connectivity index (χ1) is 10.6. The summed E-state index contributed by atoms with van der Waals surface area (Å²) in [6.07, 6.45) is 0. The smallest absolute Gasteiger partial charge is 0.262 e. The van der Waals surface area contributed by atoms with Gasteiger partial charge in [-0.05, 0) is 24.3 Å². The van der Waals surface area contributed by atoms with Crippen molar-refractivity contribution in [1.29, 1.82) is 0 Å². The molecule has 22 heavy (non-hydrogen) atoms. The van der Waals surface area contributed by atoms with Crippen molar-refractivity contribution in [2.75, 3.05) is 26.1 Å². The van der Waals surface area contributed by atoms with Crippen molar-refractivity contribution in [3.63, 3.8) is 0 Å². The van der Waals surface area contributed by atoms with E-state index in [1.165, 1.54) is 0 Å². The van der Waals surface area contributed by atoms with Gasteiger partial charge in [0.1, 0.15) is 5.75 Å². The van der Waals surface area contributed by atoms with Gasteiger partial charge in [-0.2, -0.15) is 0 Å². The van der Waals surface area contributed by atoms with Crippen molar-refractivity contribution in [2.45, 2.75) is 0 Å². The summed E-state index contributed by atoms with van der Waals surface area (Å²) in [5, 5.41) is 3.07. The molecule has 2 aromatic carbocycles. The number of nitrogens with one attached hydrogen (secondary N) is 1. The average molecular weight is 322 g/mol. The van der Waals surface area contributed by atoms with E-state index in [1.807, 2.05) is 6.07 Å². The lowest BCUT2D eigenvalue weighted by molar-refractivity contribution is -0.118. The van der Waals surface area contributed by atoms with Crippen molar-refractivity contribution in [3.05, 3.63) is 47.5 Å². The van der Waals surface area contributed by atoms with Gasteiger partial charge in [0.15, 0.2) is 18.1 Å². The Morgan fingerprint density at radius 3 is 2.45 bits per heavy atom. The molecular weight excluding hydrogens is 306 g/mol. The van der Waals surface area contributed by atoms with Crippen LogP contribution in [0.25, 0.3) is 0 Å².